The van der Waals surface area contributed by atoms with E-state index in [0.717, 1.165) is 0 Å². The van der Waals surface area contributed by atoms with Gasteiger partial charge in [0, 0.05) is 12.7 Å². The van der Waals surface area contributed by atoms with E-state index in [-0.39, 0.29) is 11.3 Å². The van der Waals surface area contributed by atoms with E-state index in [4.69, 9.17) is 10.2 Å². The largest absolute Gasteiger partial charge is 0.478 e. The molecule has 1 aliphatic heterocycles. The van der Waals surface area contributed by atoms with Crippen molar-refractivity contribution in [3.8, 4) is 0 Å². The minimum absolute atomic E-state index is 0.0130. The third kappa shape index (κ3) is 1.65. The summed E-state index contributed by atoms with van der Waals surface area (Å²) < 4.78 is 0. The Labute approximate surface area is 90.6 Å². The van der Waals surface area contributed by atoms with Gasteiger partial charge in [-0.15, -0.1) is 0 Å². The van der Waals surface area contributed by atoms with Crippen molar-refractivity contribution in [3.63, 3.8) is 0 Å². The Bertz CT molecular complexity index is 487. The van der Waals surface area contributed by atoms with Crippen molar-refractivity contribution < 1.29 is 19.8 Å². The number of carboxylic acids is 2. The van der Waals surface area contributed by atoms with Crippen LogP contribution in [0.5, 0.6) is 0 Å². The fourth-order valence-electron chi connectivity index (χ4n) is 1.67. The molecule has 6 heteroatoms. The molecule has 4 N–H and O–H groups in total. The van der Waals surface area contributed by atoms with Gasteiger partial charge in [0.25, 0.3) is 0 Å². The number of aliphatic carboxylic acids is 1. The van der Waals surface area contributed by atoms with E-state index in [1.54, 1.807) is 0 Å². The Hall–Kier alpha value is -2.24. The van der Waals surface area contributed by atoms with Gasteiger partial charge in [-0.05, 0) is 18.1 Å². The van der Waals surface area contributed by atoms with Crippen LogP contribution in [0.1, 0.15) is 21.7 Å². The van der Waals surface area contributed by atoms with Crippen molar-refractivity contribution in [1.82, 2.24) is 10.3 Å². The van der Waals surface area contributed by atoms with Crippen LogP contribution in [0.3, 0.4) is 0 Å². The Morgan fingerprint density at radius 2 is 2.00 bits per heavy atom. The monoisotopic (exact) mass is 222 g/mol. The van der Waals surface area contributed by atoms with Gasteiger partial charge in [0.15, 0.2) is 0 Å². The van der Waals surface area contributed by atoms with E-state index >= 15 is 0 Å². The molecule has 1 aliphatic rings. The van der Waals surface area contributed by atoms with Gasteiger partial charge in [-0.3, -0.25) is 0 Å². The lowest BCUT2D eigenvalue weighted by Gasteiger charge is -1.99. The Morgan fingerprint density at radius 1 is 1.25 bits per heavy atom. The summed E-state index contributed by atoms with van der Waals surface area (Å²) in [5, 5.41) is 20.6. The summed E-state index contributed by atoms with van der Waals surface area (Å²) in [5.74, 6) is -2.18. The maximum absolute atomic E-state index is 11.0. The number of fused-ring (bicyclic) bond motifs is 1. The molecule has 0 atom stereocenters. The van der Waals surface area contributed by atoms with Gasteiger partial charge in [-0.1, -0.05) is 0 Å². The molecule has 0 saturated carbocycles. The fourth-order valence-corrected chi connectivity index (χ4v) is 1.67. The van der Waals surface area contributed by atoms with Gasteiger partial charge in [0.2, 0.25) is 0 Å². The smallest absolute Gasteiger partial charge is 0.352 e. The molecule has 0 spiro atoms. The molecule has 0 bridgehead atoms. The van der Waals surface area contributed by atoms with Crippen molar-refractivity contribution in [1.29, 1.82) is 0 Å². The number of rotatable bonds is 2. The van der Waals surface area contributed by atoms with Crippen molar-refractivity contribution in [2.45, 2.75) is 6.42 Å². The molecule has 0 aliphatic carbocycles. The summed E-state index contributed by atoms with van der Waals surface area (Å²) in [6.45, 7) is 0.584. The SMILES string of the molecule is O=C(O)C1=CNCCc2cc(C(=O)O)[nH]c21. The van der Waals surface area contributed by atoms with Gasteiger partial charge in [-0.2, -0.15) is 0 Å². The van der Waals surface area contributed by atoms with E-state index in [0.29, 0.717) is 24.2 Å². The highest BCUT2D eigenvalue weighted by Crippen LogP contribution is 2.22. The maximum atomic E-state index is 11.0. The molecule has 6 nitrogen and oxygen atoms in total. The van der Waals surface area contributed by atoms with Crippen LogP contribution < -0.4 is 5.32 Å². The van der Waals surface area contributed by atoms with Gasteiger partial charge >= 0.3 is 11.9 Å². The molecule has 0 amide bonds. The summed E-state index contributed by atoms with van der Waals surface area (Å²) in [6, 6.07) is 1.47. The van der Waals surface area contributed by atoms with Crippen molar-refractivity contribution in [2.24, 2.45) is 0 Å². The molecule has 0 aromatic carbocycles. The lowest BCUT2D eigenvalue weighted by atomic mass is 10.1. The number of hydrogen-bond acceptors (Lipinski definition) is 3. The normalized spacial score (nSPS) is 14.4. The first-order chi connectivity index (χ1) is 7.59. The highest BCUT2D eigenvalue weighted by molar-refractivity contribution is 6.15. The number of H-pyrrole nitrogens is 1. The lowest BCUT2D eigenvalue weighted by Crippen LogP contribution is -2.09. The van der Waals surface area contributed by atoms with Gasteiger partial charge in [0.05, 0.1) is 11.3 Å². The zero-order valence-electron chi connectivity index (χ0n) is 8.28. The van der Waals surface area contributed by atoms with Gasteiger partial charge in [0.1, 0.15) is 5.69 Å². The quantitative estimate of drug-likeness (QED) is 0.575. The summed E-state index contributed by atoms with van der Waals surface area (Å²) >= 11 is 0. The van der Waals surface area contributed by atoms with E-state index < -0.39 is 11.9 Å². The van der Waals surface area contributed by atoms with Crippen LogP contribution in [0.25, 0.3) is 5.57 Å². The van der Waals surface area contributed by atoms with Crippen LogP contribution in [-0.2, 0) is 11.2 Å². The minimum atomic E-state index is -1.09. The Kier molecular flexibility index (Phi) is 2.40. The average Bonchev–Trinajstić information content (AvgIpc) is 2.52. The first kappa shape index (κ1) is 10.3. The third-order valence-corrected chi connectivity index (χ3v) is 2.41. The van der Waals surface area contributed by atoms with Gasteiger partial charge in [-0.25, -0.2) is 9.59 Å². The number of nitrogens with one attached hydrogen (secondary N) is 2. The minimum Gasteiger partial charge on any atom is -0.478 e. The van der Waals surface area contributed by atoms with Crippen LogP contribution >= 0.6 is 0 Å². The van der Waals surface area contributed by atoms with Crippen LogP contribution in [0, 0.1) is 0 Å². The van der Waals surface area contributed by atoms with E-state index in [1.807, 2.05) is 0 Å². The predicted octanol–water partition coefficient (Wildman–Crippen LogP) is 0.284. The van der Waals surface area contributed by atoms with Crippen molar-refractivity contribution in [3.05, 3.63) is 29.2 Å². The highest BCUT2D eigenvalue weighted by atomic mass is 16.4. The first-order valence-electron chi connectivity index (χ1n) is 4.72. The summed E-state index contributed by atoms with van der Waals surface area (Å²) in [6.07, 6.45) is 1.97. The number of aromatic carboxylic acids is 1. The van der Waals surface area contributed by atoms with Crippen LogP contribution in [-0.4, -0.2) is 33.7 Å². The summed E-state index contributed by atoms with van der Waals surface area (Å²) in [7, 11) is 0. The number of aromatic nitrogens is 1. The summed E-state index contributed by atoms with van der Waals surface area (Å²) in [5.41, 5.74) is 1.14. The van der Waals surface area contributed by atoms with Crippen molar-refractivity contribution >= 4 is 17.5 Å². The third-order valence-electron chi connectivity index (χ3n) is 2.41. The molecule has 1 aromatic rings. The molecule has 0 unspecified atom stereocenters. The van der Waals surface area contributed by atoms with Crippen LogP contribution in [0.15, 0.2) is 12.3 Å². The zero-order valence-corrected chi connectivity index (χ0v) is 8.28. The molecular formula is C10H10N2O4. The molecule has 0 saturated heterocycles. The Morgan fingerprint density at radius 3 is 2.62 bits per heavy atom. The number of carbonyl (C=O) groups is 2. The topological polar surface area (TPSA) is 102 Å². The van der Waals surface area contributed by atoms with E-state index in [2.05, 4.69) is 10.3 Å². The second-order valence-electron chi connectivity index (χ2n) is 3.46. The highest BCUT2D eigenvalue weighted by Gasteiger charge is 2.21. The van der Waals surface area contributed by atoms with Crippen LogP contribution in [0.2, 0.25) is 0 Å². The molecule has 16 heavy (non-hydrogen) atoms. The molecule has 2 heterocycles. The molecule has 84 valence electrons. The van der Waals surface area contributed by atoms with E-state index in [1.165, 1.54) is 12.3 Å². The summed E-state index contributed by atoms with van der Waals surface area (Å²) in [4.78, 5) is 24.4. The lowest BCUT2D eigenvalue weighted by molar-refractivity contribution is -0.130. The number of aromatic amines is 1. The molecule has 1 aromatic heterocycles. The van der Waals surface area contributed by atoms with Crippen LogP contribution in [0.4, 0.5) is 0 Å². The second-order valence-corrected chi connectivity index (χ2v) is 3.46. The maximum Gasteiger partial charge on any atom is 0.352 e. The zero-order chi connectivity index (χ0) is 11.7. The Balaban J connectivity index is 2.53. The second kappa shape index (κ2) is 3.73. The molecule has 0 fully saturated rings. The average molecular weight is 222 g/mol. The van der Waals surface area contributed by atoms with Gasteiger partial charge < -0.3 is 20.5 Å². The molecule has 0 radical (unpaired) electrons. The van der Waals surface area contributed by atoms with Crippen molar-refractivity contribution in [2.75, 3.05) is 6.54 Å². The standard InChI is InChI=1S/C10H10N2O4/c13-9(14)6-4-11-2-1-5-3-7(10(15)16)12-8(5)6/h3-4,11-12H,1-2H2,(H,13,14)(H,15,16). The number of hydrogen-bond donors (Lipinski definition) is 4. The van der Waals surface area contributed by atoms with E-state index in [9.17, 15) is 9.59 Å². The fraction of sp³-hybridized carbons (Fsp3) is 0.200. The first-order valence-corrected chi connectivity index (χ1v) is 4.72. The number of carboxylic acid groups (broad SMARTS) is 2. The predicted molar refractivity (Wildman–Crippen MR) is 55.1 cm³/mol. The molecular weight excluding hydrogens is 212 g/mol. The molecule has 2 rings (SSSR count).